The Bertz CT molecular complexity index is 960. The maximum Gasteiger partial charge on any atom is 0.181 e. The van der Waals surface area contributed by atoms with Gasteiger partial charge < -0.3 is 4.42 Å². The summed E-state index contributed by atoms with van der Waals surface area (Å²) in [5.74, 6) is 1.58. The van der Waals surface area contributed by atoms with Crippen molar-refractivity contribution in [1.29, 1.82) is 0 Å². The Hall–Kier alpha value is -2.35. The second kappa shape index (κ2) is 6.92. The first-order valence-electron chi connectivity index (χ1n) is 10.3. The van der Waals surface area contributed by atoms with E-state index in [1.807, 2.05) is 0 Å². The topological polar surface area (TPSA) is 26.0 Å². The van der Waals surface area contributed by atoms with Crippen LogP contribution < -0.4 is 0 Å². The lowest BCUT2D eigenvalue weighted by Crippen LogP contribution is -2.21. The molecule has 0 N–H and O–H groups in total. The van der Waals surface area contributed by atoms with Crippen LogP contribution in [0.4, 0.5) is 0 Å². The summed E-state index contributed by atoms with van der Waals surface area (Å²) in [7, 11) is 0. The van der Waals surface area contributed by atoms with Crippen LogP contribution in [0.2, 0.25) is 0 Å². The van der Waals surface area contributed by atoms with Crippen molar-refractivity contribution < 1.29 is 4.42 Å². The van der Waals surface area contributed by atoms with Crippen LogP contribution in [0.5, 0.6) is 0 Å². The van der Waals surface area contributed by atoms with Crippen molar-refractivity contribution in [3.8, 4) is 11.3 Å². The van der Waals surface area contributed by atoms with Crippen LogP contribution in [-0.4, -0.2) is 4.98 Å². The highest BCUT2D eigenvalue weighted by atomic mass is 16.3. The van der Waals surface area contributed by atoms with E-state index in [2.05, 4.69) is 82.1 Å². The molecule has 1 aliphatic carbocycles. The molecule has 0 spiro atoms. The van der Waals surface area contributed by atoms with E-state index in [0.717, 1.165) is 23.7 Å². The van der Waals surface area contributed by atoms with Gasteiger partial charge in [-0.1, -0.05) is 71.0 Å². The fourth-order valence-electron chi connectivity index (χ4n) is 4.46. The molecule has 0 aliphatic heterocycles. The first-order chi connectivity index (χ1) is 13.2. The molecule has 0 fully saturated rings. The predicted molar refractivity (Wildman–Crippen MR) is 115 cm³/mol. The maximum absolute atomic E-state index is 5.48. The lowest BCUT2D eigenvalue weighted by Gasteiger charge is -2.26. The number of oxazole rings is 1. The van der Waals surface area contributed by atoms with Crippen LogP contribution in [-0.2, 0) is 24.7 Å². The second-order valence-corrected chi connectivity index (χ2v) is 10.1. The van der Waals surface area contributed by atoms with Crippen molar-refractivity contribution in [1.82, 2.24) is 4.98 Å². The van der Waals surface area contributed by atoms with Gasteiger partial charge in [-0.2, -0.15) is 0 Å². The Labute approximate surface area is 169 Å². The van der Waals surface area contributed by atoms with Gasteiger partial charge in [0.15, 0.2) is 12.2 Å². The van der Waals surface area contributed by atoms with Gasteiger partial charge in [0.2, 0.25) is 0 Å². The molecule has 2 nitrogen and oxygen atoms in total. The van der Waals surface area contributed by atoms with Crippen LogP contribution in [0.3, 0.4) is 0 Å². The Morgan fingerprint density at radius 3 is 2.46 bits per heavy atom. The molecular formula is C26H31NO. The van der Waals surface area contributed by atoms with Gasteiger partial charge in [0, 0.05) is 5.56 Å². The van der Waals surface area contributed by atoms with E-state index in [-0.39, 0.29) is 5.41 Å². The summed E-state index contributed by atoms with van der Waals surface area (Å²) < 4.78 is 5.48. The summed E-state index contributed by atoms with van der Waals surface area (Å²) in [6.07, 6.45) is 6.73. The fourth-order valence-corrected chi connectivity index (χ4v) is 4.46. The number of hydrogen-bond acceptors (Lipinski definition) is 2. The van der Waals surface area contributed by atoms with E-state index in [1.165, 1.54) is 30.4 Å². The molecule has 1 aromatic heterocycles. The van der Waals surface area contributed by atoms with Gasteiger partial charge in [-0.05, 0) is 64.3 Å². The van der Waals surface area contributed by atoms with Crippen molar-refractivity contribution in [2.75, 3.05) is 0 Å². The molecule has 1 heterocycles. The minimum atomic E-state index is 0.0479. The highest BCUT2D eigenvalue weighted by molar-refractivity contribution is 5.58. The lowest BCUT2D eigenvalue weighted by molar-refractivity contribution is 0.251. The molecule has 3 aromatic rings. The SMILES string of the molecule is CC(C)(Cc1ccc2c(c1)CC(C(C)(C)C)C2)c1cccc(-c2cnco2)c1. The molecule has 146 valence electrons. The zero-order valence-electron chi connectivity index (χ0n) is 17.8. The van der Waals surface area contributed by atoms with Crippen molar-refractivity contribution in [2.45, 2.75) is 59.3 Å². The number of nitrogens with zero attached hydrogens (tertiary/aromatic N) is 1. The Morgan fingerprint density at radius 2 is 1.75 bits per heavy atom. The van der Waals surface area contributed by atoms with Crippen molar-refractivity contribution in [3.63, 3.8) is 0 Å². The Kier molecular flexibility index (Phi) is 4.69. The number of rotatable bonds is 4. The molecule has 0 bridgehead atoms. The van der Waals surface area contributed by atoms with E-state index < -0.39 is 0 Å². The first-order valence-corrected chi connectivity index (χ1v) is 10.3. The number of fused-ring (bicyclic) bond motifs is 1. The third-order valence-corrected chi connectivity index (χ3v) is 6.43. The molecule has 0 saturated heterocycles. The Balaban J connectivity index is 1.56. The van der Waals surface area contributed by atoms with Crippen LogP contribution in [0.25, 0.3) is 11.3 Å². The van der Waals surface area contributed by atoms with Crippen LogP contribution in [0.1, 0.15) is 56.9 Å². The molecule has 28 heavy (non-hydrogen) atoms. The molecule has 0 amide bonds. The third-order valence-electron chi connectivity index (χ3n) is 6.43. The number of hydrogen-bond donors (Lipinski definition) is 0. The molecule has 2 aromatic carbocycles. The minimum Gasteiger partial charge on any atom is -0.444 e. The second-order valence-electron chi connectivity index (χ2n) is 10.1. The lowest BCUT2D eigenvalue weighted by atomic mass is 9.78. The number of aromatic nitrogens is 1. The summed E-state index contributed by atoms with van der Waals surface area (Å²) in [5, 5.41) is 0. The fraction of sp³-hybridized carbons (Fsp3) is 0.423. The molecular weight excluding hydrogens is 342 g/mol. The normalized spacial score (nSPS) is 17.0. The number of benzene rings is 2. The van der Waals surface area contributed by atoms with E-state index in [1.54, 1.807) is 17.3 Å². The molecule has 1 aliphatic rings. The largest absolute Gasteiger partial charge is 0.444 e. The average molecular weight is 374 g/mol. The van der Waals surface area contributed by atoms with E-state index in [4.69, 9.17) is 4.42 Å². The summed E-state index contributed by atoms with van der Waals surface area (Å²) in [4.78, 5) is 4.05. The minimum absolute atomic E-state index is 0.0479. The van der Waals surface area contributed by atoms with E-state index in [0.29, 0.717) is 5.41 Å². The average Bonchev–Trinajstić information content (AvgIpc) is 3.30. The molecule has 0 saturated carbocycles. The molecule has 0 radical (unpaired) electrons. The molecule has 1 atom stereocenters. The summed E-state index contributed by atoms with van der Waals surface area (Å²) >= 11 is 0. The molecule has 1 unspecified atom stereocenters. The van der Waals surface area contributed by atoms with Crippen molar-refractivity contribution in [3.05, 3.63) is 77.3 Å². The van der Waals surface area contributed by atoms with Gasteiger partial charge in [0.25, 0.3) is 0 Å². The summed E-state index contributed by atoms with van der Waals surface area (Å²) in [6.45, 7) is 11.8. The van der Waals surface area contributed by atoms with Gasteiger partial charge in [-0.25, -0.2) is 4.98 Å². The van der Waals surface area contributed by atoms with Crippen molar-refractivity contribution >= 4 is 0 Å². The van der Waals surface area contributed by atoms with Crippen LogP contribution >= 0.6 is 0 Å². The molecule has 2 heteroatoms. The van der Waals surface area contributed by atoms with Gasteiger partial charge >= 0.3 is 0 Å². The monoisotopic (exact) mass is 373 g/mol. The van der Waals surface area contributed by atoms with E-state index in [9.17, 15) is 0 Å². The standard InChI is InChI=1S/C26H31NO/c1-25(2,3)23-12-19-10-9-18(11-21(19)14-23)15-26(4,5)22-8-6-7-20(13-22)24-16-27-17-28-24/h6-11,13,16-17,23H,12,14-15H2,1-5H3. The van der Waals surface area contributed by atoms with Gasteiger partial charge in [-0.15, -0.1) is 0 Å². The summed E-state index contributed by atoms with van der Waals surface area (Å²) in [5.41, 5.74) is 7.38. The molecule has 4 rings (SSSR count). The van der Waals surface area contributed by atoms with Crippen LogP contribution in [0, 0.1) is 11.3 Å². The van der Waals surface area contributed by atoms with Gasteiger partial charge in [0.05, 0.1) is 6.20 Å². The van der Waals surface area contributed by atoms with E-state index >= 15 is 0 Å². The first kappa shape index (κ1) is 19.0. The zero-order chi connectivity index (χ0) is 19.9. The zero-order valence-corrected chi connectivity index (χ0v) is 17.8. The van der Waals surface area contributed by atoms with Gasteiger partial charge in [0.1, 0.15) is 0 Å². The highest BCUT2D eigenvalue weighted by Gasteiger charge is 2.31. The van der Waals surface area contributed by atoms with Gasteiger partial charge in [-0.3, -0.25) is 0 Å². The quantitative estimate of drug-likeness (QED) is 0.513. The smallest absolute Gasteiger partial charge is 0.181 e. The van der Waals surface area contributed by atoms with Crippen LogP contribution in [0.15, 0.2) is 59.5 Å². The maximum atomic E-state index is 5.48. The Morgan fingerprint density at radius 1 is 0.964 bits per heavy atom. The van der Waals surface area contributed by atoms with Crippen molar-refractivity contribution in [2.24, 2.45) is 11.3 Å². The summed E-state index contributed by atoms with van der Waals surface area (Å²) in [6, 6.07) is 15.8. The third kappa shape index (κ3) is 3.78. The predicted octanol–water partition coefficient (Wildman–Crippen LogP) is 6.62. The highest BCUT2D eigenvalue weighted by Crippen LogP contribution is 2.39.